The Morgan fingerprint density at radius 2 is 2.23 bits per heavy atom. The van der Waals surface area contributed by atoms with Crippen LogP contribution in [0.2, 0.25) is 0 Å². The predicted octanol–water partition coefficient (Wildman–Crippen LogP) is -0.148. The monoisotopic (exact) mass is 222 g/mol. The Hall–Kier alpha value is -0.950. The number of anilines is 1. The van der Waals surface area contributed by atoms with Gasteiger partial charge in [-0.2, -0.15) is 5.10 Å². The summed E-state index contributed by atoms with van der Waals surface area (Å²) in [6.45, 7) is 0. The van der Waals surface area contributed by atoms with Gasteiger partial charge in [-0.25, -0.2) is 18.1 Å². The minimum atomic E-state index is -3.43. The van der Waals surface area contributed by atoms with Crippen LogP contribution in [0.25, 0.3) is 0 Å². The minimum Gasteiger partial charge on any atom is -0.250 e. The summed E-state index contributed by atoms with van der Waals surface area (Å²) in [5, 5.41) is 6.91. The summed E-state index contributed by atoms with van der Waals surface area (Å²) in [6.07, 6.45) is 2.69. The third kappa shape index (κ3) is 3.51. The molecule has 0 aliphatic rings. The smallest absolute Gasteiger partial charge is 0.250 e. The molecule has 0 unspecified atom stereocenters. The number of hydrogen-bond acceptors (Lipinski definition) is 5. The fraction of sp³-hybridized carbons (Fsp3) is 0.400. The van der Waals surface area contributed by atoms with E-state index < -0.39 is 10.0 Å². The lowest BCUT2D eigenvalue weighted by Crippen LogP contribution is -2.19. The normalized spacial score (nSPS) is 11.2. The minimum absolute atomic E-state index is 0.0234. The van der Waals surface area contributed by atoms with Crippen LogP contribution in [0, 0.1) is 0 Å². The van der Waals surface area contributed by atoms with Gasteiger partial charge in [-0.05, 0) is 0 Å². The Bertz CT molecular complexity index is 354. The zero-order valence-corrected chi connectivity index (χ0v) is 8.09. The first-order valence-corrected chi connectivity index (χ1v) is 5.53. The molecule has 0 bridgehead atoms. The zero-order valence-electron chi connectivity index (χ0n) is 6.51. The summed E-state index contributed by atoms with van der Waals surface area (Å²) in [4.78, 5) is 3.64. The Kier molecular flexibility index (Phi) is 3.38. The van der Waals surface area contributed by atoms with E-state index in [0.29, 0.717) is 0 Å². The number of aromatic nitrogens is 3. The molecule has 1 heterocycles. The highest BCUT2D eigenvalue weighted by Gasteiger charge is 2.10. The van der Waals surface area contributed by atoms with Crippen LogP contribution in [0.4, 0.5) is 5.95 Å². The molecule has 0 spiro atoms. The predicted molar refractivity (Wildman–Crippen MR) is 48.0 cm³/mol. The zero-order chi connectivity index (χ0) is 9.73. The molecule has 13 heavy (non-hydrogen) atoms. The van der Waals surface area contributed by atoms with Gasteiger partial charge in [0.05, 0.1) is 18.1 Å². The summed E-state index contributed by atoms with van der Waals surface area (Å²) < 4.78 is 24.3. The largest absolute Gasteiger partial charge is 0.256 e. The molecule has 72 valence electrons. The first-order valence-electron chi connectivity index (χ1n) is 3.34. The Labute approximate surface area is 80.4 Å². The maximum Gasteiger partial charge on any atom is 0.256 e. The second-order valence-electron chi connectivity index (χ2n) is 2.08. The fourth-order valence-corrected chi connectivity index (χ4v) is 1.87. The van der Waals surface area contributed by atoms with E-state index in [0.717, 1.165) is 0 Å². The van der Waals surface area contributed by atoms with Crippen molar-refractivity contribution in [3.05, 3.63) is 12.4 Å². The SMILES string of the molecule is O=S(=O)(CCCl)Nc1nccnn1. The number of alkyl halides is 1. The van der Waals surface area contributed by atoms with Gasteiger partial charge in [-0.3, -0.25) is 0 Å². The first kappa shape index (κ1) is 10.1. The molecule has 0 aliphatic heterocycles. The molecule has 0 amide bonds. The third-order valence-electron chi connectivity index (χ3n) is 1.08. The molecular weight excluding hydrogens is 216 g/mol. The van der Waals surface area contributed by atoms with Crippen molar-refractivity contribution < 1.29 is 8.42 Å². The summed E-state index contributed by atoms with van der Waals surface area (Å²) in [7, 11) is -3.43. The maximum absolute atomic E-state index is 11.1. The molecule has 1 aromatic heterocycles. The number of nitrogens with zero attached hydrogens (tertiary/aromatic N) is 3. The van der Waals surface area contributed by atoms with Crippen LogP contribution in [0.1, 0.15) is 0 Å². The van der Waals surface area contributed by atoms with E-state index in [-0.39, 0.29) is 17.6 Å². The topological polar surface area (TPSA) is 84.8 Å². The van der Waals surface area contributed by atoms with E-state index in [2.05, 4.69) is 19.9 Å². The number of rotatable bonds is 4. The molecule has 1 aromatic rings. The van der Waals surface area contributed by atoms with E-state index in [1.165, 1.54) is 12.4 Å². The van der Waals surface area contributed by atoms with Crippen molar-refractivity contribution >= 4 is 27.6 Å². The van der Waals surface area contributed by atoms with Crippen LogP contribution >= 0.6 is 11.6 Å². The van der Waals surface area contributed by atoms with Gasteiger partial charge >= 0.3 is 0 Å². The summed E-state index contributed by atoms with van der Waals surface area (Å²) >= 11 is 5.28. The van der Waals surface area contributed by atoms with Crippen LogP contribution in [-0.2, 0) is 10.0 Å². The number of sulfonamides is 1. The average molecular weight is 223 g/mol. The second-order valence-corrected chi connectivity index (χ2v) is 4.30. The Balaban J connectivity index is 2.70. The highest BCUT2D eigenvalue weighted by Crippen LogP contribution is 1.98. The summed E-state index contributed by atoms with van der Waals surface area (Å²) in [6, 6.07) is 0. The van der Waals surface area contributed by atoms with Gasteiger partial charge in [-0.15, -0.1) is 16.7 Å². The van der Waals surface area contributed by atoms with E-state index >= 15 is 0 Å². The lowest BCUT2D eigenvalue weighted by Gasteiger charge is -2.02. The number of hydrogen-bond donors (Lipinski definition) is 1. The van der Waals surface area contributed by atoms with Gasteiger partial charge in [0.25, 0.3) is 5.95 Å². The number of nitrogens with one attached hydrogen (secondary N) is 1. The van der Waals surface area contributed by atoms with Crippen molar-refractivity contribution in [2.24, 2.45) is 0 Å². The molecule has 0 fully saturated rings. The fourth-order valence-electron chi connectivity index (χ4n) is 0.586. The molecular formula is C5H7ClN4O2S. The van der Waals surface area contributed by atoms with Gasteiger partial charge in [0.15, 0.2) is 0 Å². The quantitative estimate of drug-likeness (QED) is 0.717. The van der Waals surface area contributed by atoms with Crippen molar-refractivity contribution in [1.29, 1.82) is 0 Å². The lowest BCUT2D eigenvalue weighted by molar-refractivity contribution is 0.602. The van der Waals surface area contributed by atoms with Crippen LogP contribution in [0.3, 0.4) is 0 Å². The molecule has 0 aromatic carbocycles. The van der Waals surface area contributed by atoms with Crippen molar-refractivity contribution in [2.45, 2.75) is 0 Å². The molecule has 0 saturated carbocycles. The average Bonchev–Trinajstić information content (AvgIpc) is 2.04. The highest BCUT2D eigenvalue weighted by molar-refractivity contribution is 7.92. The standard InChI is InChI=1S/C5H7ClN4O2S/c6-1-4-13(11,12)10-5-7-2-3-8-9-5/h2-3H,1,4H2,(H,7,9,10). The molecule has 1 N–H and O–H groups in total. The van der Waals surface area contributed by atoms with Crippen molar-refractivity contribution in [3.63, 3.8) is 0 Å². The molecule has 0 radical (unpaired) electrons. The molecule has 0 atom stereocenters. The first-order chi connectivity index (χ1) is 6.14. The van der Waals surface area contributed by atoms with Gasteiger partial charge in [-0.1, -0.05) is 0 Å². The van der Waals surface area contributed by atoms with E-state index in [9.17, 15) is 8.42 Å². The van der Waals surface area contributed by atoms with Crippen LogP contribution < -0.4 is 4.72 Å². The van der Waals surface area contributed by atoms with Crippen molar-refractivity contribution in [3.8, 4) is 0 Å². The van der Waals surface area contributed by atoms with Crippen LogP contribution in [0.15, 0.2) is 12.4 Å². The molecule has 0 saturated heterocycles. The van der Waals surface area contributed by atoms with Gasteiger partial charge in [0.2, 0.25) is 10.0 Å². The molecule has 1 rings (SSSR count). The summed E-state index contributed by atoms with van der Waals surface area (Å²) in [5.41, 5.74) is 0. The van der Waals surface area contributed by atoms with Gasteiger partial charge in [0.1, 0.15) is 0 Å². The van der Waals surface area contributed by atoms with Crippen LogP contribution in [0.5, 0.6) is 0 Å². The molecule has 8 heteroatoms. The maximum atomic E-state index is 11.1. The molecule has 6 nitrogen and oxygen atoms in total. The van der Waals surface area contributed by atoms with Crippen molar-refractivity contribution in [2.75, 3.05) is 16.4 Å². The van der Waals surface area contributed by atoms with Gasteiger partial charge in [0, 0.05) is 5.88 Å². The highest BCUT2D eigenvalue weighted by atomic mass is 35.5. The van der Waals surface area contributed by atoms with E-state index in [4.69, 9.17) is 11.6 Å². The van der Waals surface area contributed by atoms with E-state index in [1.54, 1.807) is 0 Å². The van der Waals surface area contributed by atoms with Gasteiger partial charge < -0.3 is 0 Å². The van der Waals surface area contributed by atoms with Crippen molar-refractivity contribution in [1.82, 2.24) is 15.2 Å². The summed E-state index contributed by atoms with van der Waals surface area (Å²) in [5.74, 6) is -0.199. The lowest BCUT2D eigenvalue weighted by atomic mass is 10.9. The van der Waals surface area contributed by atoms with E-state index in [1.807, 2.05) is 0 Å². The molecule has 0 aliphatic carbocycles. The Morgan fingerprint density at radius 1 is 1.46 bits per heavy atom. The van der Waals surface area contributed by atoms with Crippen LogP contribution in [-0.4, -0.2) is 35.2 Å². The Morgan fingerprint density at radius 3 is 2.77 bits per heavy atom. The number of halogens is 1. The second kappa shape index (κ2) is 4.33. The third-order valence-corrected chi connectivity index (χ3v) is 2.72.